The van der Waals surface area contributed by atoms with Gasteiger partial charge in [-0.15, -0.1) is 0 Å². The van der Waals surface area contributed by atoms with Crippen molar-refractivity contribution in [2.75, 3.05) is 4.90 Å². The Bertz CT molecular complexity index is 1440. The molecule has 7 heteroatoms. The Morgan fingerprint density at radius 3 is 2.42 bits per heavy atom. The van der Waals surface area contributed by atoms with Crippen LogP contribution in [0.4, 0.5) is 10.1 Å². The topological polar surface area (TPSA) is 80.0 Å². The summed E-state index contributed by atoms with van der Waals surface area (Å²) in [5, 5.41) is 11.2. The minimum absolute atomic E-state index is 0.114. The van der Waals surface area contributed by atoms with Crippen LogP contribution in [0.3, 0.4) is 0 Å². The minimum atomic E-state index is -1.01. The molecule has 1 aliphatic rings. The molecule has 0 bridgehead atoms. The molecule has 1 amide bonds. The maximum Gasteiger partial charge on any atom is 0.300 e. The third-order valence-electron chi connectivity index (χ3n) is 6.05. The second kappa shape index (κ2) is 9.54. The number of hydrogen-bond donors (Lipinski definition) is 1. The van der Waals surface area contributed by atoms with Crippen LogP contribution in [0.25, 0.3) is 5.76 Å². The Balaban J connectivity index is 1.52. The molecule has 0 radical (unpaired) electrons. The number of hydrogen-bond acceptors (Lipinski definition) is 5. The van der Waals surface area contributed by atoms with Gasteiger partial charge < -0.3 is 14.3 Å². The van der Waals surface area contributed by atoms with Gasteiger partial charge in [0.15, 0.2) is 0 Å². The summed E-state index contributed by atoms with van der Waals surface area (Å²) in [6.07, 6.45) is 1.42. The molecule has 36 heavy (non-hydrogen) atoms. The normalized spacial score (nSPS) is 16.9. The SMILES string of the molecule is Cc1cc(/C(O)=C2/C(=O)C(=O)N(c3ccc(F)cc3)C2c2ccco2)ccc1OCc1ccccc1. The summed E-state index contributed by atoms with van der Waals surface area (Å²) >= 11 is 0. The van der Waals surface area contributed by atoms with Crippen LogP contribution in [0.2, 0.25) is 0 Å². The molecule has 1 fully saturated rings. The van der Waals surface area contributed by atoms with Gasteiger partial charge in [-0.2, -0.15) is 0 Å². The van der Waals surface area contributed by atoms with Gasteiger partial charge in [0, 0.05) is 11.3 Å². The molecule has 4 aromatic rings. The molecule has 180 valence electrons. The third-order valence-corrected chi connectivity index (χ3v) is 6.05. The van der Waals surface area contributed by atoms with Crippen molar-refractivity contribution in [3.63, 3.8) is 0 Å². The Morgan fingerprint density at radius 1 is 1.00 bits per heavy atom. The molecule has 2 heterocycles. The molecule has 1 aliphatic heterocycles. The van der Waals surface area contributed by atoms with Crippen LogP contribution < -0.4 is 9.64 Å². The molecular weight excluding hydrogens is 461 g/mol. The second-order valence-electron chi connectivity index (χ2n) is 8.42. The number of aryl methyl sites for hydroxylation is 1. The van der Waals surface area contributed by atoms with E-state index in [0.29, 0.717) is 29.4 Å². The predicted octanol–water partition coefficient (Wildman–Crippen LogP) is 5.93. The highest BCUT2D eigenvalue weighted by Crippen LogP contribution is 2.42. The van der Waals surface area contributed by atoms with Crippen molar-refractivity contribution >= 4 is 23.1 Å². The first kappa shape index (κ1) is 23.1. The number of halogens is 1. The molecule has 5 rings (SSSR count). The first-order valence-corrected chi connectivity index (χ1v) is 11.3. The van der Waals surface area contributed by atoms with Gasteiger partial charge in [-0.05, 0) is 72.6 Å². The van der Waals surface area contributed by atoms with Crippen LogP contribution >= 0.6 is 0 Å². The summed E-state index contributed by atoms with van der Waals surface area (Å²) in [6, 6.07) is 22.2. The number of carbonyl (C=O) groups is 2. The number of anilines is 1. The Kier molecular flexibility index (Phi) is 6.12. The van der Waals surface area contributed by atoms with Gasteiger partial charge >= 0.3 is 0 Å². The molecule has 1 saturated heterocycles. The van der Waals surface area contributed by atoms with E-state index in [9.17, 15) is 19.1 Å². The number of amides is 1. The van der Waals surface area contributed by atoms with E-state index in [1.165, 1.54) is 35.4 Å². The number of aliphatic hydroxyl groups is 1. The fourth-order valence-corrected chi connectivity index (χ4v) is 4.27. The Hall–Kier alpha value is -4.65. The van der Waals surface area contributed by atoms with E-state index < -0.39 is 23.5 Å². The van der Waals surface area contributed by atoms with Crippen molar-refractivity contribution in [2.24, 2.45) is 0 Å². The number of nitrogens with zero attached hydrogens (tertiary/aromatic N) is 1. The van der Waals surface area contributed by atoms with Crippen molar-refractivity contribution in [3.8, 4) is 5.75 Å². The third kappa shape index (κ3) is 4.27. The first-order chi connectivity index (χ1) is 17.4. The lowest BCUT2D eigenvalue weighted by Gasteiger charge is -2.23. The zero-order chi connectivity index (χ0) is 25.2. The van der Waals surface area contributed by atoms with Gasteiger partial charge in [0.1, 0.15) is 35.7 Å². The van der Waals surface area contributed by atoms with Gasteiger partial charge in [-0.25, -0.2) is 4.39 Å². The summed E-state index contributed by atoms with van der Waals surface area (Å²) in [5.41, 5.74) is 2.31. The van der Waals surface area contributed by atoms with E-state index in [1.54, 1.807) is 30.3 Å². The van der Waals surface area contributed by atoms with Gasteiger partial charge in [0.2, 0.25) is 0 Å². The van der Waals surface area contributed by atoms with Gasteiger partial charge in [-0.3, -0.25) is 14.5 Å². The molecule has 1 N–H and O–H groups in total. The van der Waals surface area contributed by atoms with E-state index in [0.717, 1.165) is 11.1 Å². The van der Waals surface area contributed by atoms with Crippen LogP contribution in [-0.2, 0) is 16.2 Å². The minimum Gasteiger partial charge on any atom is -0.507 e. The van der Waals surface area contributed by atoms with Gasteiger partial charge in [-0.1, -0.05) is 30.3 Å². The lowest BCUT2D eigenvalue weighted by molar-refractivity contribution is -0.132. The smallest absolute Gasteiger partial charge is 0.300 e. The fraction of sp³-hybridized carbons (Fsp3) is 0.103. The van der Waals surface area contributed by atoms with Crippen molar-refractivity contribution in [1.82, 2.24) is 0 Å². The molecule has 1 atom stereocenters. The first-order valence-electron chi connectivity index (χ1n) is 11.3. The number of ether oxygens (including phenoxy) is 1. The lowest BCUT2D eigenvalue weighted by Crippen LogP contribution is -2.29. The number of aliphatic hydroxyl groups excluding tert-OH is 1. The maximum atomic E-state index is 13.5. The molecule has 1 aromatic heterocycles. The quantitative estimate of drug-likeness (QED) is 0.209. The van der Waals surface area contributed by atoms with E-state index >= 15 is 0 Å². The van der Waals surface area contributed by atoms with Crippen molar-refractivity contribution < 1.29 is 28.2 Å². The average molecular weight is 483 g/mol. The molecule has 3 aromatic carbocycles. The number of benzene rings is 3. The van der Waals surface area contributed by atoms with E-state index in [1.807, 2.05) is 37.3 Å². The molecular formula is C29H22FNO5. The van der Waals surface area contributed by atoms with E-state index in [4.69, 9.17) is 9.15 Å². The number of rotatable bonds is 6. The van der Waals surface area contributed by atoms with Crippen LogP contribution in [0, 0.1) is 12.7 Å². The summed E-state index contributed by atoms with van der Waals surface area (Å²) < 4.78 is 25.0. The summed E-state index contributed by atoms with van der Waals surface area (Å²) in [5.74, 6) is -1.60. The molecule has 0 spiro atoms. The molecule has 1 unspecified atom stereocenters. The lowest BCUT2D eigenvalue weighted by atomic mass is 9.98. The highest BCUT2D eigenvalue weighted by molar-refractivity contribution is 6.51. The number of furan rings is 1. The van der Waals surface area contributed by atoms with Gasteiger partial charge in [0.25, 0.3) is 11.7 Å². The monoisotopic (exact) mass is 483 g/mol. The number of ketones is 1. The summed E-state index contributed by atoms with van der Waals surface area (Å²) in [6.45, 7) is 2.21. The number of carbonyl (C=O) groups excluding carboxylic acids is 2. The van der Waals surface area contributed by atoms with Crippen LogP contribution in [0.5, 0.6) is 5.75 Å². The molecule has 0 saturated carbocycles. The van der Waals surface area contributed by atoms with E-state index in [2.05, 4.69) is 0 Å². The predicted molar refractivity (Wildman–Crippen MR) is 132 cm³/mol. The highest BCUT2D eigenvalue weighted by Gasteiger charge is 2.48. The Labute approximate surface area is 206 Å². The Morgan fingerprint density at radius 2 is 1.75 bits per heavy atom. The van der Waals surface area contributed by atoms with Crippen molar-refractivity contribution in [3.05, 3.63) is 125 Å². The van der Waals surface area contributed by atoms with Crippen LogP contribution in [0.1, 0.15) is 28.5 Å². The second-order valence-corrected chi connectivity index (χ2v) is 8.42. The van der Waals surface area contributed by atoms with Gasteiger partial charge in [0.05, 0.1) is 11.8 Å². The van der Waals surface area contributed by atoms with Crippen LogP contribution in [0.15, 0.2) is 101 Å². The fourth-order valence-electron chi connectivity index (χ4n) is 4.27. The number of Topliss-reactive ketones (excluding diaryl/α,β-unsaturated/α-hetero) is 1. The van der Waals surface area contributed by atoms with E-state index in [-0.39, 0.29) is 11.3 Å². The zero-order valence-corrected chi connectivity index (χ0v) is 19.4. The van der Waals surface area contributed by atoms with Crippen LogP contribution in [-0.4, -0.2) is 16.8 Å². The zero-order valence-electron chi connectivity index (χ0n) is 19.4. The summed E-state index contributed by atoms with van der Waals surface area (Å²) in [4.78, 5) is 27.4. The molecule has 6 nitrogen and oxygen atoms in total. The average Bonchev–Trinajstić information content (AvgIpc) is 3.51. The van der Waals surface area contributed by atoms with Crippen molar-refractivity contribution in [2.45, 2.75) is 19.6 Å². The highest BCUT2D eigenvalue weighted by atomic mass is 19.1. The molecule has 0 aliphatic carbocycles. The maximum absolute atomic E-state index is 13.5. The largest absolute Gasteiger partial charge is 0.507 e. The van der Waals surface area contributed by atoms with Crippen molar-refractivity contribution in [1.29, 1.82) is 0 Å². The summed E-state index contributed by atoms with van der Waals surface area (Å²) in [7, 11) is 0. The standard InChI is InChI=1S/C29H22FNO5/c1-18-16-20(9-14-23(18)36-17-19-6-3-2-4-7-19)27(32)25-26(24-8-5-15-35-24)31(29(34)28(25)33)22-12-10-21(30)11-13-22/h2-16,26,32H,17H2,1H3/b27-25-.